The van der Waals surface area contributed by atoms with Gasteiger partial charge in [-0.1, -0.05) is 36.4 Å². The summed E-state index contributed by atoms with van der Waals surface area (Å²) in [5.74, 6) is -0.0879. The highest BCUT2D eigenvalue weighted by atomic mass is 16.5. The summed E-state index contributed by atoms with van der Waals surface area (Å²) in [6, 6.07) is 16.4. The molecule has 0 unspecified atom stereocenters. The van der Waals surface area contributed by atoms with Gasteiger partial charge in [0.15, 0.2) is 0 Å². The molecule has 2 aromatic rings. The highest BCUT2D eigenvalue weighted by Crippen LogP contribution is 2.10. The maximum absolute atomic E-state index is 12.0. The van der Waals surface area contributed by atoms with Crippen molar-refractivity contribution >= 4 is 24.1 Å². The molecule has 0 heterocycles. The molecule has 0 saturated carbocycles. The molecule has 2 amide bonds. The molecule has 0 aliphatic carbocycles. The lowest BCUT2D eigenvalue weighted by Gasteiger charge is -2.05. The summed E-state index contributed by atoms with van der Waals surface area (Å²) in [4.78, 5) is 23.7. The van der Waals surface area contributed by atoms with Crippen molar-refractivity contribution in [2.24, 2.45) is 5.10 Å². The standard InChI is InChI=1S/C20H21N3O3/c1-15(12-16-6-4-3-5-7-16)13-22-23-19(24)14-21-20(25)17-8-10-18(26-2)11-9-17/h3-13H,14H2,1-2H3,(H,21,25)(H,23,24)/b15-12-,22-13-. The molecule has 0 spiro atoms. The molecule has 0 atom stereocenters. The molecule has 2 aromatic carbocycles. The number of ether oxygens (including phenoxy) is 1. The first kappa shape index (κ1) is 18.9. The second-order valence-corrected chi connectivity index (χ2v) is 5.50. The molecule has 0 aliphatic rings. The molecule has 6 heteroatoms. The van der Waals surface area contributed by atoms with Crippen LogP contribution in [0.3, 0.4) is 0 Å². The van der Waals surface area contributed by atoms with Gasteiger partial charge in [-0.2, -0.15) is 5.10 Å². The zero-order valence-corrected chi connectivity index (χ0v) is 14.7. The van der Waals surface area contributed by atoms with Gasteiger partial charge in [-0.05, 0) is 42.3 Å². The van der Waals surface area contributed by atoms with Crippen LogP contribution in [0.4, 0.5) is 0 Å². The second-order valence-electron chi connectivity index (χ2n) is 5.50. The summed E-state index contributed by atoms with van der Waals surface area (Å²) in [5, 5.41) is 6.41. The Labute approximate surface area is 152 Å². The number of allylic oxidation sites excluding steroid dienone is 1. The van der Waals surface area contributed by atoms with Crippen LogP contribution in [-0.4, -0.2) is 31.7 Å². The molecule has 134 valence electrons. The van der Waals surface area contributed by atoms with E-state index in [1.165, 1.54) is 0 Å². The minimum Gasteiger partial charge on any atom is -0.497 e. The van der Waals surface area contributed by atoms with E-state index in [-0.39, 0.29) is 12.5 Å². The monoisotopic (exact) mass is 351 g/mol. The van der Waals surface area contributed by atoms with E-state index in [9.17, 15) is 9.59 Å². The smallest absolute Gasteiger partial charge is 0.259 e. The van der Waals surface area contributed by atoms with Gasteiger partial charge in [0.05, 0.1) is 19.9 Å². The van der Waals surface area contributed by atoms with Gasteiger partial charge in [-0.3, -0.25) is 9.59 Å². The predicted octanol–water partition coefficient (Wildman–Crippen LogP) is 2.63. The first-order valence-corrected chi connectivity index (χ1v) is 8.06. The number of rotatable bonds is 7. The summed E-state index contributed by atoms with van der Waals surface area (Å²) in [6.07, 6.45) is 3.50. The Bertz CT molecular complexity index is 797. The van der Waals surface area contributed by atoms with Gasteiger partial charge in [0.1, 0.15) is 5.75 Å². The Morgan fingerprint density at radius 2 is 1.77 bits per heavy atom. The fraction of sp³-hybridized carbons (Fsp3) is 0.150. The van der Waals surface area contributed by atoms with E-state index in [2.05, 4.69) is 15.8 Å². The van der Waals surface area contributed by atoms with Crippen molar-refractivity contribution in [3.63, 3.8) is 0 Å². The summed E-state index contributed by atoms with van der Waals surface area (Å²) in [6.45, 7) is 1.72. The van der Waals surface area contributed by atoms with Crippen molar-refractivity contribution in [3.8, 4) is 5.75 Å². The number of amides is 2. The largest absolute Gasteiger partial charge is 0.497 e. The van der Waals surface area contributed by atoms with Crippen LogP contribution in [0.15, 0.2) is 65.3 Å². The lowest BCUT2D eigenvalue weighted by Crippen LogP contribution is -2.34. The third-order valence-corrected chi connectivity index (χ3v) is 3.41. The molecule has 0 saturated heterocycles. The lowest BCUT2D eigenvalue weighted by atomic mass is 10.1. The first-order chi connectivity index (χ1) is 12.6. The van der Waals surface area contributed by atoms with Crippen LogP contribution in [0, 0.1) is 0 Å². The molecule has 0 radical (unpaired) electrons. The van der Waals surface area contributed by atoms with Crippen LogP contribution in [0.1, 0.15) is 22.8 Å². The van der Waals surface area contributed by atoms with Crippen molar-refractivity contribution in [2.45, 2.75) is 6.92 Å². The van der Waals surface area contributed by atoms with Gasteiger partial charge in [0.25, 0.3) is 11.8 Å². The van der Waals surface area contributed by atoms with E-state index in [1.54, 1.807) is 37.6 Å². The number of nitrogens with one attached hydrogen (secondary N) is 2. The van der Waals surface area contributed by atoms with Crippen molar-refractivity contribution in [1.29, 1.82) is 0 Å². The first-order valence-electron chi connectivity index (χ1n) is 8.06. The molecule has 26 heavy (non-hydrogen) atoms. The number of methoxy groups -OCH3 is 1. The van der Waals surface area contributed by atoms with E-state index in [4.69, 9.17) is 4.74 Å². The fourth-order valence-corrected chi connectivity index (χ4v) is 2.10. The van der Waals surface area contributed by atoms with Gasteiger partial charge in [-0.15, -0.1) is 0 Å². The summed E-state index contributed by atoms with van der Waals surface area (Å²) < 4.78 is 5.03. The molecular formula is C20H21N3O3. The number of hydrogen-bond donors (Lipinski definition) is 2. The van der Waals surface area contributed by atoms with Crippen LogP contribution >= 0.6 is 0 Å². The Balaban J connectivity index is 1.77. The third kappa shape index (κ3) is 6.24. The highest BCUT2D eigenvalue weighted by Gasteiger charge is 2.07. The van der Waals surface area contributed by atoms with Crippen LogP contribution < -0.4 is 15.5 Å². The Kier molecular flexibility index (Phi) is 7.12. The van der Waals surface area contributed by atoms with Gasteiger partial charge >= 0.3 is 0 Å². The Hall–Kier alpha value is -3.41. The molecular weight excluding hydrogens is 330 g/mol. The van der Waals surface area contributed by atoms with Crippen LogP contribution in [0.2, 0.25) is 0 Å². The van der Waals surface area contributed by atoms with E-state index >= 15 is 0 Å². The zero-order valence-electron chi connectivity index (χ0n) is 14.7. The van der Waals surface area contributed by atoms with Crippen molar-refractivity contribution < 1.29 is 14.3 Å². The Morgan fingerprint density at radius 1 is 1.08 bits per heavy atom. The average molecular weight is 351 g/mol. The molecule has 2 N–H and O–H groups in total. The number of hydrazone groups is 1. The maximum atomic E-state index is 12.0. The SMILES string of the molecule is COc1ccc(C(=O)NCC(=O)N/N=C\C(C)=C/c2ccccc2)cc1. The van der Waals surface area contributed by atoms with Crippen molar-refractivity contribution in [2.75, 3.05) is 13.7 Å². The fourth-order valence-electron chi connectivity index (χ4n) is 2.10. The van der Waals surface area contributed by atoms with E-state index in [0.717, 1.165) is 11.1 Å². The summed E-state index contributed by atoms with van der Waals surface area (Å²) in [7, 11) is 1.55. The number of benzene rings is 2. The third-order valence-electron chi connectivity index (χ3n) is 3.41. The predicted molar refractivity (Wildman–Crippen MR) is 102 cm³/mol. The molecule has 6 nitrogen and oxygen atoms in total. The minimum atomic E-state index is -0.407. The van der Waals surface area contributed by atoms with Gasteiger partial charge < -0.3 is 10.1 Å². The van der Waals surface area contributed by atoms with E-state index in [0.29, 0.717) is 11.3 Å². The van der Waals surface area contributed by atoms with Crippen LogP contribution in [0.5, 0.6) is 5.75 Å². The number of carbonyl (C=O) groups is 2. The summed E-state index contributed by atoms with van der Waals surface area (Å²) >= 11 is 0. The van der Waals surface area contributed by atoms with E-state index < -0.39 is 5.91 Å². The molecule has 0 aliphatic heterocycles. The summed E-state index contributed by atoms with van der Waals surface area (Å²) in [5.41, 5.74) is 4.77. The van der Waals surface area contributed by atoms with Crippen molar-refractivity contribution in [3.05, 3.63) is 71.3 Å². The zero-order chi connectivity index (χ0) is 18.8. The van der Waals surface area contributed by atoms with Gasteiger partial charge in [0, 0.05) is 5.56 Å². The average Bonchev–Trinajstić information content (AvgIpc) is 2.67. The Morgan fingerprint density at radius 3 is 2.42 bits per heavy atom. The highest BCUT2D eigenvalue weighted by molar-refractivity contribution is 5.96. The molecule has 0 bridgehead atoms. The van der Waals surface area contributed by atoms with Gasteiger partial charge in [-0.25, -0.2) is 5.43 Å². The molecule has 2 rings (SSSR count). The molecule has 0 aromatic heterocycles. The maximum Gasteiger partial charge on any atom is 0.259 e. The second kappa shape index (κ2) is 9.78. The topological polar surface area (TPSA) is 79.8 Å². The van der Waals surface area contributed by atoms with Crippen LogP contribution in [-0.2, 0) is 4.79 Å². The minimum absolute atomic E-state index is 0.163. The quantitative estimate of drug-likeness (QED) is 0.594. The van der Waals surface area contributed by atoms with Gasteiger partial charge in [0.2, 0.25) is 0 Å². The normalized spacial score (nSPS) is 11.2. The number of hydrogen-bond acceptors (Lipinski definition) is 4. The van der Waals surface area contributed by atoms with E-state index in [1.807, 2.05) is 43.3 Å². The van der Waals surface area contributed by atoms with Crippen molar-refractivity contribution in [1.82, 2.24) is 10.7 Å². The number of carbonyl (C=O) groups excluding carboxylic acids is 2. The molecule has 0 fully saturated rings. The number of nitrogens with zero attached hydrogens (tertiary/aromatic N) is 1. The lowest BCUT2D eigenvalue weighted by molar-refractivity contribution is -0.120. The van der Waals surface area contributed by atoms with Crippen LogP contribution in [0.25, 0.3) is 6.08 Å².